The molecule has 1 aliphatic carbocycles. The fraction of sp³-hybridized carbons (Fsp3) is 0.348. The zero-order valence-electron chi connectivity index (χ0n) is 18.1. The number of phenolic OH excluding ortho intramolecular Hbond substituents is 1. The Bertz CT molecular complexity index is 1030. The van der Waals surface area contributed by atoms with Gasteiger partial charge in [-0.1, -0.05) is 30.0 Å². The molecule has 7 heteroatoms. The van der Waals surface area contributed by atoms with E-state index in [1.807, 2.05) is 12.1 Å². The van der Waals surface area contributed by atoms with E-state index in [-0.39, 0.29) is 11.5 Å². The molecule has 0 saturated carbocycles. The summed E-state index contributed by atoms with van der Waals surface area (Å²) in [6.45, 7) is 2.74. The molecule has 0 heterocycles. The first-order valence-corrected chi connectivity index (χ1v) is 9.71. The minimum absolute atomic E-state index is 0.103. The zero-order chi connectivity index (χ0) is 22.5. The smallest absolute Gasteiger partial charge is 0.300 e. The van der Waals surface area contributed by atoms with Crippen LogP contribution in [-0.2, 0) is 4.79 Å². The maximum atomic E-state index is 13.0. The quantitative estimate of drug-likeness (QED) is 0.596. The predicted octanol–water partition coefficient (Wildman–Crippen LogP) is 2.58. The van der Waals surface area contributed by atoms with Crippen LogP contribution in [0, 0.1) is 0 Å². The van der Waals surface area contributed by atoms with Gasteiger partial charge in [-0.25, -0.2) is 0 Å². The lowest BCUT2D eigenvalue weighted by atomic mass is 9.88. The van der Waals surface area contributed by atoms with Crippen molar-refractivity contribution in [3.05, 3.63) is 47.5 Å². The van der Waals surface area contributed by atoms with E-state index in [1.165, 1.54) is 0 Å². The van der Waals surface area contributed by atoms with Crippen molar-refractivity contribution < 1.29 is 24.6 Å². The van der Waals surface area contributed by atoms with Crippen LogP contribution in [0.5, 0.6) is 11.5 Å². The molecule has 1 aliphatic rings. The number of nitrogens with zero attached hydrogens (tertiary/aromatic N) is 3. The number of benzene rings is 2. The molecular weight excluding hydrogens is 382 g/mol. The van der Waals surface area contributed by atoms with Crippen LogP contribution in [0.2, 0.25) is 0 Å². The van der Waals surface area contributed by atoms with Crippen LogP contribution < -0.4 is 5.11 Å². The lowest BCUT2D eigenvalue weighted by molar-refractivity contribution is -0.870. The van der Waals surface area contributed by atoms with E-state index in [1.54, 1.807) is 31.3 Å². The van der Waals surface area contributed by atoms with Crippen molar-refractivity contribution in [1.82, 2.24) is 0 Å². The van der Waals surface area contributed by atoms with Gasteiger partial charge < -0.3 is 19.8 Å². The number of hydrogen-bond acceptors (Lipinski definition) is 5. The summed E-state index contributed by atoms with van der Waals surface area (Å²) in [6.07, 6.45) is 4.57. The average molecular weight is 412 g/mol. The van der Waals surface area contributed by atoms with E-state index in [9.17, 15) is 10.2 Å². The van der Waals surface area contributed by atoms with Crippen LogP contribution in [0.1, 0.15) is 24.5 Å². The molecule has 3 rings (SSSR count). The maximum Gasteiger partial charge on any atom is 0.300 e. The molecule has 160 valence electrons. The highest BCUT2D eigenvalue weighted by Gasteiger charge is 2.23. The van der Waals surface area contributed by atoms with E-state index in [0.29, 0.717) is 39.9 Å². The molecule has 0 fully saturated rings. The number of aliphatic carboxylic acids is 1. The van der Waals surface area contributed by atoms with Gasteiger partial charge in [0, 0.05) is 37.9 Å². The molecule has 2 aromatic rings. The average Bonchev–Trinajstić information content (AvgIpc) is 2.67. The van der Waals surface area contributed by atoms with Crippen LogP contribution >= 0.6 is 0 Å². The van der Waals surface area contributed by atoms with Crippen LogP contribution in [-0.4, -0.2) is 73.4 Å². The first-order valence-electron chi connectivity index (χ1n) is 9.71. The Kier molecular flexibility index (Phi) is 7.34. The van der Waals surface area contributed by atoms with Crippen molar-refractivity contribution in [3.63, 3.8) is 0 Å². The van der Waals surface area contributed by atoms with E-state index >= 15 is 0 Å². The number of allylic oxidation sites excluding steroid dienone is 2. The summed E-state index contributed by atoms with van der Waals surface area (Å²) in [6, 6.07) is 7.12. The molecule has 0 unspecified atom stereocenters. The number of carboxylic acids is 1. The standard InChI is InChI=1S/C21H25N3O2.C2H4O2/c1-22-16-10-11-17(23-12-7-13-24(2,3)4)19-18(16)20(25)14-8-5-6-9-15(14)21(19)26;1-2(3)4/h5-6,8-11H,7,12-13H2,1-4H3,(H-,22,23,25,26);1H3,(H,3,4). The third kappa shape index (κ3) is 5.45. The van der Waals surface area contributed by atoms with E-state index in [4.69, 9.17) is 9.90 Å². The number of fused-ring (bicyclic) bond motifs is 2. The molecule has 0 aromatic heterocycles. The van der Waals surface area contributed by atoms with Crippen molar-refractivity contribution in [2.24, 2.45) is 9.98 Å². The van der Waals surface area contributed by atoms with Gasteiger partial charge in [0.2, 0.25) is 0 Å². The van der Waals surface area contributed by atoms with E-state index < -0.39 is 5.97 Å². The van der Waals surface area contributed by atoms with Gasteiger partial charge in [-0.2, -0.15) is 0 Å². The number of phenols is 1. The van der Waals surface area contributed by atoms with Crippen molar-refractivity contribution >= 4 is 28.2 Å². The molecule has 0 spiro atoms. The molecular formula is C23H29N3O4. The van der Waals surface area contributed by atoms with Gasteiger partial charge in [0.05, 0.1) is 44.7 Å². The summed E-state index contributed by atoms with van der Waals surface area (Å²) in [4.78, 5) is 17.9. The number of aromatic hydroxyl groups is 1. The second-order valence-electron chi connectivity index (χ2n) is 8.07. The van der Waals surface area contributed by atoms with Gasteiger partial charge in [-0.15, -0.1) is 0 Å². The lowest BCUT2D eigenvalue weighted by Crippen LogP contribution is -2.35. The number of hydrogen-bond donors (Lipinski definition) is 2. The highest BCUT2D eigenvalue weighted by Crippen LogP contribution is 2.40. The SMILES string of the molecule is CC(=O)O.CN=C1C=CC(=NCCC[N+](C)(C)C)c2c1c([O-])c1ccccc1c2O. The summed E-state index contributed by atoms with van der Waals surface area (Å²) in [5, 5.41) is 32.4. The predicted molar refractivity (Wildman–Crippen MR) is 119 cm³/mol. The molecule has 0 amide bonds. The molecule has 0 aliphatic heterocycles. The highest BCUT2D eigenvalue weighted by molar-refractivity contribution is 6.30. The van der Waals surface area contributed by atoms with Crippen LogP contribution in [0.4, 0.5) is 0 Å². The first-order chi connectivity index (χ1) is 14.1. The third-order valence-corrected chi connectivity index (χ3v) is 4.56. The number of carboxylic acid groups (broad SMARTS) is 1. The Morgan fingerprint density at radius 1 is 1.07 bits per heavy atom. The summed E-state index contributed by atoms with van der Waals surface area (Å²) >= 11 is 0. The van der Waals surface area contributed by atoms with Gasteiger partial charge in [0.25, 0.3) is 5.97 Å². The second-order valence-corrected chi connectivity index (χ2v) is 8.07. The Balaban J connectivity index is 0.000000735. The van der Waals surface area contributed by atoms with Gasteiger partial charge >= 0.3 is 0 Å². The van der Waals surface area contributed by atoms with E-state index in [0.717, 1.165) is 24.4 Å². The fourth-order valence-electron chi connectivity index (χ4n) is 3.27. The van der Waals surface area contributed by atoms with Crippen LogP contribution in [0.25, 0.3) is 10.8 Å². The topological polar surface area (TPSA) is 105 Å². The number of carbonyl (C=O) groups is 1. The van der Waals surface area contributed by atoms with Crippen LogP contribution in [0.15, 0.2) is 46.4 Å². The lowest BCUT2D eigenvalue weighted by Gasteiger charge is -2.26. The molecule has 30 heavy (non-hydrogen) atoms. The number of aliphatic imine (C=N–C) groups is 2. The van der Waals surface area contributed by atoms with Gasteiger partial charge in [0.15, 0.2) is 0 Å². The normalized spacial score (nSPS) is 15.8. The maximum absolute atomic E-state index is 13.0. The summed E-state index contributed by atoms with van der Waals surface area (Å²) in [7, 11) is 8.09. The molecule has 7 nitrogen and oxygen atoms in total. The third-order valence-electron chi connectivity index (χ3n) is 4.56. The molecule has 0 atom stereocenters. The number of rotatable bonds is 4. The molecule has 2 aromatic carbocycles. The van der Waals surface area contributed by atoms with E-state index in [2.05, 4.69) is 31.1 Å². The second kappa shape index (κ2) is 9.54. The first kappa shape index (κ1) is 23.1. The van der Waals surface area contributed by atoms with Gasteiger partial charge in [0.1, 0.15) is 5.75 Å². The Hall–Kier alpha value is -3.19. The molecule has 0 saturated heterocycles. The van der Waals surface area contributed by atoms with Crippen LogP contribution in [0.3, 0.4) is 0 Å². The Morgan fingerprint density at radius 3 is 2.20 bits per heavy atom. The Labute approximate surface area is 176 Å². The molecule has 0 radical (unpaired) electrons. The van der Waals surface area contributed by atoms with Crippen molar-refractivity contribution in [1.29, 1.82) is 0 Å². The van der Waals surface area contributed by atoms with Gasteiger partial charge in [-0.05, 0) is 17.5 Å². The molecule has 2 N–H and O–H groups in total. The van der Waals surface area contributed by atoms with Crippen molar-refractivity contribution in [2.75, 3.05) is 41.3 Å². The summed E-state index contributed by atoms with van der Waals surface area (Å²) < 4.78 is 0.879. The molecule has 0 bridgehead atoms. The Morgan fingerprint density at radius 2 is 1.63 bits per heavy atom. The van der Waals surface area contributed by atoms with Crippen molar-refractivity contribution in [3.8, 4) is 11.5 Å². The minimum atomic E-state index is -0.833. The largest absolute Gasteiger partial charge is 0.872 e. The summed E-state index contributed by atoms with van der Waals surface area (Å²) in [5.74, 6) is -0.844. The fourth-order valence-corrected chi connectivity index (χ4v) is 3.27. The summed E-state index contributed by atoms with van der Waals surface area (Å²) in [5.41, 5.74) is 2.17. The minimum Gasteiger partial charge on any atom is -0.872 e. The zero-order valence-corrected chi connectivity index (χ0v) is 18.1. The monoisotopic (exact) mass is 411 g/mol. The van der Waals surface area contributed by atoms with Crippen molar-refractivity contribution in [2.45, 2.75) is 13.3 Å². The number of quaternary nitrogens is 1. The highest BCUT2D eigenvalue weighted by atomic mass is 16.4. The van der Waals surface area contributed by atoms with Gasteiger partial charge in [-0.3, -0.25) is 14.8 Å².